The van der Waals surface area contributed by atoms with Crippen LogP contribution in [-0.4, -0.2) is 82.9 Å². The monoisotopic (exact) mass is 523 g/mol. The highest BCUT2D eigenvalue weighted by atomic mass is 32.1. The number of piperidine rings is 1. The first kappa shape index (κ1) is 25.2. The van der Waals surface area contributed by atoms with Gasteiger partial charge in [-0.25, -0.2) is 9.78 Å². The molecule has 1 fully saturated rings. The second kappa shape index (κ2) is 10.5. The quantitative estimate of drug-likeness (QED) is 0.409. The average molecular weight is 524 g/mol. The van der Waals surface area contributed by atoms with E-state index in [0.29, 0.717) is 36.8 Å². The van der Waals surface area contributed by atoms with Gasteiger partial charge in [0.25, 0.3) is 11.8 Å². The fourth-order valence-electron chi connectivity index (χ4n) is 4.99. The third kappa shape index (κ3) is 5.47. The van der Waals surface area contributed by atoms with Crippen molar-refractivity contribution in [1.82, 2.24) is 35.7 Å². The first-order valence-electron chi connectivity index (χ1n) is 12.7. The highest BCUT2D eigenvalue weighted by molar-refractivity contribution is 7.13. The van der Waals surface area contributed by atoms with E-state index < -0.39 is 6.04 Å². The molecule has 2 aromatic heterocycles. The van der Waals surface area contributed by atoms with Gasteiger partial charge in [0, 0.05) is 54.9 Å². The highest BCUT2D eigenvalue weighted by Crippen LogP contribution is 2.25. The lowest BCUT2D eigenvalue weighted by Gasteiger charge is -2.39. The maximum absolute atomic E-state index is 13.3. The van der Waals surface area contributed by atoms with Crippen molar-refractivity contribution in [2.45, 2.75) is 45.3 Å². The first-order valence-corrected chi connectivity index (χ1v) is 13.5. The number of hydrogen-bond acceptors (Lipinski definition) is 6. The number of nitrogens with one attached hydrogen (secondary N) is 4. The summed E-state index contributed by atoms with van der Waals surface area (Å²) in [6, 6.07) is 6.86. The first-order chi connectivity index (χ1) is 17.8. The molecule has 2 aliphatic heterocycles. The molecule has 0 radical (unpaired) electrons. The molecule has 0 bridgehead atoms. The van der Waals surface area contributed by atoms with Gasteiger partial charge in [-0.3, -0.25) is 9.59 Å². The number of amides is 4. The number of carbonyl (C=O) groups is 3. The minimum Gasteiger partial charge on any atom is -0.351 e. The minimum atomic E-state index is -0.456. The minimum absolute atomic E-state index is 0.176. The van der Waals surface area contributed by atoms with Crippen molar-refractivity contribution in [2.24, 2.45) is 0 Å². The van der Waals surface area contributed by atoms with Gasteiger partial charge in [-0.1, -0.05) is 11.6 Å². The zero-order valence-electron chi connectivity index (χ0n) is 21.4. The predicted molar refractivity (Wildman–Crippen MR) is 143 cm³/mol. The summed E-state index contributed by atoms with van der Waals surface area (Å²) in [5, 5.41) is 10.4. The van der Waals surface area contributed by atoms with E-state index >= 15 is 0 Å². The molecule has 0 aliphatic carbocycles. The molecule has 37 heavy (non-hydrogen) atoms. The Hall–Kier alpha value is -3.44. The molecule has 0 spiro atoms. The van der Waals surface area contributed by atoms with Gasteiger partial charge < -0.3 is 30.7 Å². The zero-order valence-corrected chi connectivity index (χ0v) is 22.2. The van der Waals surface area contributed by atoms with Crippen molar-refractivity contribution in [3.63, 3.8) is 0 Å². The Morgan fingerprint density at radius 1 is 1.14 bits per heavy atom. The van der Waals surface area contributed by atoms with Crippen molar-refractivity contribution in [3.8, 4) is 0 Å². The second-order valence-corrected chi connectivity index (χ2v) is 11.0. The van der Waals surface area contributed by atoms with Crippen LogP contribution in [0.5, 0.6) is 0 Å². The Labute approximate surface area is 219 Å². The van der Waals surface area contributed by atoms with E-state index in [0.717, 1.165) is 46.5 Å². The van der Waals surface area contributed by atoms with Crippen molar-refractivity contribution >= 4 is 40.1 Å². The van der Waals surface area contributed by atoms with Crippen LogP contribution in [0.15, 0.2) is 24.3 Å². The van der Waals surface area contributed by atoms with Gasteiger partial charge in [-0.2, -0.15) is 0 Å². The van der Waals surface area contributed by atoms with Crippen molar-refractivity contribution in [3.05, 3.63) is 51.1 Å². The Morgan fingerprint density at radius 3 is 2.76 bits per heavy atom. The van der Waals surface area contributed by atoms with Gasteiger partial charge in [0.05, 0.1) is 17.8 Å². The third-order valence-corrected chi connectivity index (χ3v) is 8.08. The number of H-pyrrole nitrogens is 1. The summed E-state index contributed by atoms with van der Waals surface area (Å²) in [6.45, 7) is 6.88. The summed E-state index contributed by atoms with van der Waals surface area (Å²) >= 11 is 1.42. The molecular weight excluding hydrogens is 490 g/mol. The third-order valence-electron chi connectivity index (χ3n) is 7.00. The number of likely N-dealkylation sites (N-methyl/N-ethyl adjacent to an activating group) is 1. The molecule has 10 nitrogen and oxygen atoms in total. The second-order valence-electron chi connectivity index (χ2n) is 9.88. The van der Waals surface area contributed by atoms with E-state index in [1.807, 2.05) is 38.1 Å². The van der Waals surface area contributed by atoms with Gasteiger partial charge in [-0.15, -0.1) is 11.3 Å². The van der Waals surface area contributed by atoms with Crippen LogP contribution in [0.1, 0.15) is 49.8 Å². The molecule has 2 aliphatic rings. The normalized spacial score (nSPS) is 19.9. The SMILES string of the molecule is CCNC(=O)N1CC[C@H](NC(=O)c2cc3cc(C)ccc3[nH]2)[C@H](NC(=O)c2nc3c(s2)CN(C)CC3)C1. The Bertz CT molecular complexity index is 1330. The van der Waals surface area contributed by atoms with Gasteiger partial charge in [0.15, 0.2) is 5.01 Å². The van der Waals surface area contributed by atoms with Crippen LogP contribution in [0.25, 0.3) is 10.9 Å². The molecule has 196 valence electrons. The molecule has 11 heteroatoms. The lowest BCUT2D eigenvalue weighted by atomic mass is 9.99. The van der Waals surface area contributed by atoms with E-state index in [1.54, 1.807) is 4.90 Å². The van der Waals surface area contributed by atoms with Crippen LogP contribution in [-0.2, 0) is 13.0 Å². The largest absolute Gasteiger partial charge is 0.351 e. The lowest BCUT2D eigenvalue weighted by Crippen LogP contribution is -2.62. The summed E-state index contributed by atoms with van der Waals surface area (Å²) in [5.74, 6) is -0.512. The van der Waals surface area contributed by atoms with E-state index in [9.17, 15) is 14.4 Å². The van der Waals surface area contributed by atoms with Crippen LogP contribution in [0.3, 0.4) is 0 Å². The van der Waals surface area contributed by atoms with E-state index in [-0.39, 0.29) is 23.9 Å². The summed E-state index contributed by atoms with van der Waals surface area (Å²) in [4.78, 5) is 51.8. The number of hydrogen-bond donors (Lipinski definition) is 4. The number of carbonyl (C=O) groups excluding carboxylic acids is 3. The molecule has 2 atom stereocenters. The van der Waals surface area contributed by atoms with E-state index in [1.165, 1.54) is 11.3 Å². The Kier molecular flexibility index (Phi) is 7.16. The lowest BCUT2D eigenvalue weighted by molar-refractivity contribution is 0.0826. The number of rotatable bonds is 5. The topological polar surface area (TPSA) is 122 Å². The van der Waals surface area contributed by atoms with Crippen LogP contribution < -0.4 is 16.0 Å². The average Bonchev–Trinajstić information content (AvgIpc) is 3.49. The molecule has 1 aromatic carbocycles. The van der Waals surface area contributed by atoms with E-state index in [2.05, 4.69) is 37.9 Å². The number of nitrogens with zero attached hydrogens (tertiary/aromatic N) is 3. The van der Waals surface area contributed by atoms with Gasteiger partial charge in [0.1, 0.15) is 5.69 Å². The number of thiazole rings is 1. The standard InChI is InChI=1S/C26H33N7O3S/c1-4-27-26(36)33-10-8-18(29-23(34)20-12-16-11-15(2)5-6-17(16)28-20)21(13-33)30-24(35)25-31-19-7-9-32(3)14-22(19)37-25/h5-6,11-12,18,21,28H,4,7-10,13-14H2,1-3H3,(H,27,36)(H,29,34)(H,30,35)/t18-,21+/m0/s1. The van der Waals surface area contributed by atoms with Gasteiger partial charge >= 0.3 is 6.03 Å². The number of benzene rings is 1. The number of aryl methyl sites for hydroxylation is 1. The van der Waals surface area contributed by atoms with Crippen molar-refractivity contribution in [1.29, 1.82) is 0 Å². The van der Waals surface area contributed by atoms with E-state index in [4.69, 9.17) is 0 Å². The molecular formula is C26H33N7O3S. The molecule has 4 amide bonds. The van der Waals surface area contributed by atoms with Crippen LogP contribution >= 0.6 is 11.3 Å². The summed E-state index contributed by atoms with van der Waals surface area (Å²) < 4.78 is 0. The molecule has 5 rings (SSSR count). The zero-order chi connectivity index (χ0) is 26.1. The molecule has 0 unspecified atom stereocenters. The van der Waals surface area contributed by atoms with Crippen LogP contribution in [0, 0.1) is 6.92 Å². The fourth-order valence-corrected chi connectivity index (χ4v) is 6.08. The van der Waals surface area contributed by atoms with Crippen LogP contribution in [0.2, 0.25) is 0 Å². The van der Waals surface area contributed by atoms with Crippen LogP contribution in [0.4, 0.5) is 4.79 Å². The Morgan fingerprint density at radius 2 is 1.95 bits per heavy atom. The molecule has 4 heterocycles. The summed E-state index contributed by atoms with van der Waals surface area (Å²) in [5.41, 5.74) is 3.47. The smallest absolute Gasteiger partial charge is 0.317 e. The maximum atomic E-state index is 13.3. The fraction of sp³-hybridized carbons (Fsp3) is 0.462. The number of aromatic amines is 1. The molecule has 4 N–H and O–H groups in total. The predicted octanol–water partition coefficient (Wildman–Crippen LogP) is 2.25. The molecule has 1 saturated heterocycles. The highest BCUT2D eigenvalue weighted by Gasteiger charge is 2.35. The van der Waals surface area contributed by atoms with Gasteiger partial charge in [-0.05, 0) is 45.5 Å². The molecule has 3 aromatic rings. The number of likely N-dealkylation sites (tertiary alicyclic amines) is 1. The van der Waals surface area contributed by atoms with Crippen molar-refractivity contribution in [2.75, 3.05) is 33.2 Å². The summed E-state index contributed by atoms with van der Waals surface area (Å²) in [6.07, 6.45) is 1.35. The maximum Gasteiger partial charge on any atom is 0.317 e. The van der Waals surface area contributed by atoms with Crippen molar-refractivity contribution < 1.29 is 14.4 Å². The summed E-state index contributed by atoms with van der Waals surface area (Å²) in [7, 11) is 2.06. The number of aromatic nitrogens is 2. The molecule has 0 saturated carbocycles. The Balaban J connectivity index is 1.33. The number of fused-ring (bicyclic) bond motifs is 2. The number of urea groups is 1. The van der Waals surface area contributed by atoms with Gasteiger partial charge in [0.2, 0.25) is 0 Å².